The molecule has 162 valence electrons. The number of nitrogens with zero attached hydrogens (tertiary/aromatic N) is 2. The number of aromatic amines is 1. The maximum Gasteiger partial charge on any atom is 0.295 e. The van der Waals surface area contributed by atoms with E-state index in [0.29, 0.717) is 5.56 Å². The molecule has 2 N–H and O–H groups in total. The number of ketones is 1. The summed E-state index contributed by atoms with van der Waals surface area (Å²) in [6.07, 6.45) is 3.59. The van der Waals surface area contributed by atoms with Crippen LogP contribution in [0.3, 0.4) is 0 Å². The summed E-state index contributed by atoms with van der Waals surface area (Å²) in [5, 5.41) is 13.1. The number of benzene rings is 2. The second-order valence-corrected chi connectivity index (χ2v) is 7.95. The van der Waals surface area contributed by atoms with Crippen LogP contribution in [0.4, 0.5) is 0 Å². The third kappa shape index (κ3) is 2.93. The highest BCUT2D eigenvalue weighted by molar-refractivity contribution is 6.46. The van der Waals surface area contributed by atoms with E-state index < -0.39 is 17.7 Å². The van der Waals surface area contributed by atoms with E-state index in [4.69, 9.17) is 4.74 Å². The number of rotatable bonds is 5. The molecule has 1 aliphatic heterocycles. The van der Waals surface area contributed by atoms with Gasteiger partial charge in [0, 0.05) is 66.0 Å². The molecule has 1 amide bonds. The zero-order chi connectivity index (χ0) is 22.4. The number of aromatic nitrogens is 2. The number of para-hydroxylation sites is 2. The number of ether oxygens (including phenoxy) is 1. The normalized spacial score (nSPS) is 18.3. The van der Waals surface area contributed by atoms with E-state index in [1.54, 1.807) is 13.3 Å². The summed E-state index contributed by atoms with van der Waals surface area (Å²) in [5.74, 6) is -1.51. The Morgan fingerprint density at radius 2 is 1.81 bits per heavy atom. The molecule has 7 heteroatoms. The molecule has 0 spiro atoms. The Morgan fingerprint density at radius 1 is 1.09 bits per heavy atom. The molecule has 1 unspecified atom stereocenters. The maximum atomic E-state index is 13.2. The summed E-state index contributed by atoms with van der Waals surface area (Å²) in [6, 6.07) is 14.6. The number of aryl methyl sites for hydroxylation is 1. The molecule has 2 aromatic heterocycles. The Labute approximate surface area is 184 Å². The van der Waals surface area contributed by atoms with Gasteiger partial charge in [0.15, 0.2) is 0 Å². The molecule has 7 nitrogen and oxygen atoms in total. The average molecular weight is 429 g/mol. The minimum absolute atomic E-state index is 0.0900. The van der Waals surface area contributed by atoms with Crippen molar-refractivity contribution in [3.05, 3.63) is 77.6 Å². The second kappa shape index (κ2) is 7.69. The van der Waals surface area contributed by atoms with Gasteiger partial charge in [-0.2, -0.15) is 0 Å². The van der Waals surface area contributed by atoms with Crippen molar-refractivity contribution >= 4 is 39.3 Å². The Morgan fingerprint density at radius 3 is 2.59 bits per heavy atom. The lowest BCUT2D eigenvalue weighted by atomic mass is 9.95. The first-order chi connectivity index (χ1) is 15.5. The highest BCUT2D eigenvalue weighted by atomic mass is 16.5. The number of H-pyrrole nitrogens is 1. The van der Waals surface area contributed by atoms with Crippen LogP contribution in [0.15, 0.2) is 66.5 Å². The SMILES string of the molecule is COCCN1C(=O)C(=O)/C(=C(/O)c2c[nH]c3ccccc23)C1c1cn(C)c2ccccc12. The van der Waals surface area contributed by atoms with Gasteiger partial charge in [-0.3, -0.25) is 9.59 Å². The number of aliphatic hydroxyl groups is 1. The lowest BCUT2D eigenvalue weighted by Gasteiger charge is -2.24. The van der Waals surface area contributed by atoms with E-state index in [-0.39, 0.29) is 24.5 Å². The van der Waals surface area contributed by atoms with E-state index >= 15 is 0 Å². The molecule has 0 radical (unpaired) electrons. The standard InChI is InChI=1S/C25H23N3O4/c1-27-14-18(16-8-4-6-10-20(16)27)22-21(24(30)25(31)28(22)11-12-32-2)23(29)17-13-26-19-9-5-3-7-15(17)19/h3-10,13-14,22,26,29H,11-12H2,1-2H3/b23-21+. The summed E-state index contributed by atoms with van der Waals surface area (Å²) in [7, 11) is 3.47. The third-order valence-electron chi connectivity index (χ3n) is 6.14. The van der Waals surface area contributed by atoms with Gasteiger partial charge in [-0.15, -0.1) is 0 Å². The largest absolute Gasteiger partial charge is 0.507 e. The van der Waals surface area contributed by atoms with Crippen LogP contribution < -0.4 is 0 Å². The first-order valence-electron chi connectivity index (χ1n) is 10.4. The second-order valence-electron chi connectivity index (χ2n) is 7.95. The molecule has 1 aliphatic rings. The van der Waals surface area contributed by atoms with Crippen LogP contribution in [0, 0.1) is 0 Å². The fourth-order valence-electron chi connectivity index (χ4n) is 4.63. The zero-order valence-electron chi connectivity index (χ0n) is 17.8. The number of likely N-dealkylation sites (tertiary alicyclic amines) is 1. The molecule has 4 aromatic rings. The lowest BCUT2D eigenvalue weighted by Crippen LogP contribution is -2.32. The minimum Gasteiger partial charge on any atom is -0.507 e. The molecular formula is C25H23N3O4. The van der Waals surface area contributed by atoms with Gasteiger partial charge in [-0.05, 0) is 12.1 Å². The molecule has 0 saturated carbocycles. The fourth-order valence-corrected chi connectivity index (χ4v) is 4.63. The molecule has 1 saturated heterocycles. The molecule has 1 atom stereocenters. The molecule has 3 heterocycles. The van der Waals surface area contributed by atoms with E-state index in [1.165, 1.54) is 4.90 Å². The minimum atomic E-state index is -0.718. The third-order valence-corrected chi connectivity index (χ3v) is 6.14. The number of amides is 1. The highest BCUT2D eigenvalue weighted by Gasteiger charge is 2.47. The van der Waals surface area contributed by atoms with Gasteiger partial charge in [0.05, 0.1) is 18.2 Å². The van der Waals surface area contributed by atoms with Crippen molar-refractivity contribution in [3.8, 4) is 0 Å². The van der Waals surface area contributed by atoms with E-state index in [9.17, 15) is 14.7 Å². The maximum absolute atomic E-state index is 13.2. The number of methoxy groups -OCH3 is 1. The number of carbonyl (C=O) groups is 2. The van der Waals surface area contributed by atoms with Gasteiger partial charge >= 0.3 is 0 Å². The number of nitrogens with one attached hydrogen (secondary N) is 1. The van der Waals surface area contributed by atoms with Crippen molar-refractivity contribution in [3.63, 3.8) is 0 Å². The van der Waals surface area contributed by atoms with Crippen LogP contribution in [0.5, 0.6) is 0 Å². The topological polar surface area (TPSA) is 87.6 Å². The number of aliphatic hydroxyl groups excluding tert-OH is 1. The number of carbonyl (C=O) groups excluding carboxylic acids is 2. The summed E-state index contributed by atoms with van der Waals surface area (Å²) >= 11 is 0. The molecule has 2 aromatic carbocycles. The molecule has 0 bridgehead atoms. The number of hydrogen-bond acceptors (Lipinski definition) is 4. The molecule has 32 heavy (non-hydrogen) atoms. The van der Waals surface area contributed by atoms with Crippen LogP contribution in [-0.2, 0) is 21.4 Å². The molecule has 5 rings (SSSR count). The first kappa shape index (κ1) is 20.1. The van der Waals surface area contributed by atoms with E-state index in [0.717, 1.165) is 27.4 Å². The van der Waals surface area contributed by atoms with Crippen LogP contribution in [0.2, 0.25) is 0 Å². The lowest BCUT2D eigenvalue weighted by molar-refractivity contribution is -0.140. The fraction of sp³-hybridized carbons (Fsp3) is 0.200. The smallest absolute Gasteiger partial charge is 0.295 e. The highest BCUT2D eigenvalue weighted by Crippen LogP contribution is 2.43. The van der Waals surface area contributed by atoms with Crippen molar-refractivity contribution in [2.75, 3.05) is 20.3 Å². The Hall–Kier alpha value is -3.84. The van der Waals surface area contributed by atoms with Crippen LogP contribution in [0.25, 0.3) is 27.6 Å². The zero-order valence-corrected chi connectivity index (χ0v) is 17.8. The van der Waals surface area contributed by atoms with Crippen molar-refractivity contribution in [2.24, 2.45) is 7.05 Å². The monoisotopic (exact) mass is 429 g/mol. The van der Waals surface area contributed by atoms with Gasteiger partial charge in [0.1, 0.15) is 5.76 Å². The van der Waals surface area contributed by atoms with Crippen molar-refractivity contribution in [1.82, 2.24) is 14.5 Å². The predicted molar refractivity (Wildman–Crippen MR) is 122 cm³/mol. The quantitative estimate of drug-likeness (QED) is 0.288. The Balaban J connectivity index is 1.76. The van der Waals surface area contributed by atoms with Gasteiger partial charge in [0.25, 0.3) is 11.7 Å². The average Bonchev–Trinajstić information content (AvgIpc) is 3.45. The molecule has 0 aliphatic carbocycles. The summed E-state index contributed by atoms with van der Waals surface area (Å²) in [5.41, 5.74) is 3.19. The van der Waals surface area contributed by atoms with Crippen LogP contribution in [0.1, 0.15) is 17.2 Å². The van der Waals surface area contributed by atoms with Gasteiger partial charge in [-0.1, -0.05) is 36.4 Å². The van der Waals surface area contributed by atoms with Crippen molar-refractivity contribution < 1.29 is 19.4 Å². The van der Waals surface area contributed by atoms with Crippen molar-refractivity contribution in [1.29, 1.82) is 0 Å². The van der Waals surface area contributed by atoms with Gasteiger partial charge in [-0.25, -0.2) is 0 Å². The molecular weight excluding hydrogens is 406 g/mol. The summed E-state index contributed by atoms with van der Waals surface area (Å²) in [6.45, 7) is 0.515. The van der Waals surface area contributed by atoms with Gasteiger partial charge in [0.2, 0.25) is 0 Å². The predicted octanol–water partition coefficient (Wildman–Crippen LogP) is 3.73. The first-order valence-corrected chi connectivity index (χ1v) is 10.4. The van der Waals surface area contributed by atoms with Crippen LogP contribution in [-0.4, -0.2) is 51.5 Å². The van der Waals surface area contributed by atoms with Crippen LogP contribution >= 0.6 is 0 Å². The summed E-state index contributed by atoms with van der Waals surface area (Å²) < 4.78 is 7.16. The van der Waals surface area contributed by atoms with Gasteiger partial charge < -0.3 is 24.3 Å². The summed E-state index contributed by atoms with van der Waals surface area (Å²) in [4.78, 5) is 30.9. The molecule has 1 fully saturated rings. The number of fused-ring (bicyclic) bond motifs is 2. The number of Topliss-reactive ketones (excluding diaryl/α,β-unsaturated/α-hetero) is 1. The Kier molecular flexibility index (Phi) is 4.83. The van der Waals surface area contributed by atoms with E-state index in [1.807, 2.05) is 66.3 Å². The van der Waals surface area contributed by atoms with Crippen molar-refractivity contribution in [2.45, 2.75) is 6.04 Å². The van der Waals surface area contributed by atoms with E-state index in [2.05, 4.69) is 4.98 Å². The Bertz CT molecular complexity index is 1390. The number of hydrogen-bond donors (Lipinski definition) is 2.